The van der Waals surface area contributed by atoms with Crippen LogP contribution in [0.25, 0.3) is 0 Å². The largest absolute Gasteiger partial charge is 0.467 e. The number of hydrogen-bond acceptors (Lipinski definition) is 5. The van der Waals surface area contributed by atoms with Gasteiger partial charge in [0.05, 0.1) is 12.0 Å². The molecule has 21 heavy (non-hydrogen) atoms. The van der Waals surface area contributed by atoms with Crippen LogP contribution in [0.3, 0.4) is 0 Å². The van der Waals surface area contributed by atoms with Crippen molar-refractivity contribution in [2.75, 3.05) is 7.11 Å². The zero-order valence-corrected chi connectivity index (χ0v) is 12.6. The van der Waals surface area contributed by atoms with E-state index >= 15 is 0 Å². The molecule has 0 aliphatic heterocycles. The van der Waals surface area contributed by atoms with Gasteiger partial charge >= 0.3 is 5.97 Å². The average molecular weight is 314 g/mol. The molecule has 0 aliphatic carbocycles. The zero-order chi connectivity index (χ0) is 16.0. The van der Waals surface area contributed by atoms with Gasteiger partial charge in [-0.15, -0.1) is 0 Å². The summed E-state index contributed by atoms with van der Waals surface area (Å²) in [5.41, 5.74) is 0.229. The first-order valence-electron chi connectivity index (χ1n) is 6.31. The Morgan fingerprint density at radius 1 is 1.29 bits per heavy atom. The molecular formula is C13H18N2O5S. The van der Waals surface area contributed by atoms with E-state index in [-0.39, 0.29) is 10.5 Å². The van der Waals surface area contributed by atoms with E-state index in [1.165, 1.54) is 31.4 Å². The molecule has 0 saturated carbocycles. The van der Waals surface area contributed by atoms with Gasteiger partial charge in [-0.05, 0) is 30.7 Å². The number of esters is 1. The Morgan fingerprint density at radius 2 is 1.86 bits per heavy atom. The van der Waals surface area contributed by atoms with Gasteiger partial charge in [-0.3, -0.25) is 4.79 Å². The smallest absolute Gasteiger partial charge is 0.328 e. The van der Waals surface area contributed by atoms with Gasteiger partial charge < -0.3 is 10.1 Å². The number of rotatable bonds is 6. The summed E-state index contributed by atoms with van der Waals surface area (Å²) in [6.07, 6.45) is 1.15. The molecule has 1 unspecified atom stereocenters. The van der Waals surface area contributed by atoms with E-state index in [0.717, 1.165) is 0 Å². The second-order valence-corrected chi connectivity index (χ2v) is 5.97. The number of carbonyl (C=O) groups excluding carboxylic acids is 2. The molecule has 3 N–H and O–H groups in total. The number of primary sulfonamides is 1. The van der Waals surface area contributed by atoms with Gasteiger partial charge in [-0.25, -0.2) is 18.4 Å². The summed E-state index contributed by atoms with van der Waals surface area (Å²) in [4.78, 5) is 23.4. The molecule has 1 rings (SSSR count). The highest BCUT2D eigenvalue weighted by molar-refractivity contribution is 7.89. The van der Waals surface area contributed by atoms with Crippen molar-refractivity contribution >= 4 is 21.9 Å². The number of nitrogens with one attached hydrogen (secondary N) is 1. The molecule has 1 aromatic rings. The molecule has 8 heteroatoms. The van der Waals surface area contributed by atoms with Gasteiger partial charge in [0, 0.05) is 5.56 Å². The minimum atomic E-state index is -3.80. The van der Waals surface area contributed by atoms with Crippen LogP contribution in [-0.2, 0) is 19.6 Å². The maximum Gasteiger partial charge on any atom is 0.328 e. The molecular weight excluding hydrogens is 296 g/mol. The minimum Gasteiger partial charge on any atom is -0.467 e. The van der Waals surface area contributed by atoms with Crippen LogP contribution in [0.1, 0.15) is 30.1 Å². The van der Waals surface area contributed by atoms with Crippen LogP contribution in [0.4, 0.5) is 0 Å². The number of nitrogens with two attached hydrogens (primary N) is 1. The van der Waals surface area contributed by atoms with Crippen molar-refractivity contribution in [2.24, 2.45) is 5.14 Å². The number of methoxy groups -OCH3 is 1. The van der Waals surface area contributed by atoms with E-state index in [0.29, 0.717) is 12.8 Å². The summed E-state index contributed by atoms with van der Waals surface area (Å²) < 4.78 is 26.9. The average Bonchev–Trinajstić information content (AvgIpc) is 2.45. The Hall–Kier alpha value is -1.93. The van der Waals surface area contributed by atoms with E-state index < -0.39 is 27.9 Å². The maximum absolute atomic E-state index is 12.0. The quantitative estimate of drug-likeness (QED) is 0.738. The van der Waals surface area contributed by atoms with Crippen molar-refractivity contribution in [3.8, 4) is 0 Å². The molecule has 0 fully saturated rings. The first kappa shape index (κ1) is 17.1. The highest BCUT2D eigenvalue weighted by Gasteiger charge is 2.21. The Labute approximate surface area is 123 Å². The van der Waals surface area contributed by atoms with Crippen LogP contribution in [0, 0.1) is 0 Å². The van der Waals surface area contributed by atoms with Gasteiger partial charge in [0.15, 0.2) is 0 Å². The number of sulfonamides is 1. The van der Waals surface area contributed by atoms with Crippen LogP contribution in [0.2, 0.25) is 0 Å². The van der Waals surface area contributed by atoms with Crippen molar-refractivity contribution in [3.63, 3.8) is 0 Å². The van der Waals surface area contributed by atoms with Crippen molar-refractivity contribution in [2.45, 2.75) is 30.7 Å². The maximum atomic E-state index is 12.0. The van der Waals surface area contributed by atoms with E-state index in [1.54, 1.807) is 0 Å². The number of benzene rings is 1. The van der Waals surface area contributed by atoms with Crippen molar-refractivity contribution in [1.29, 1.82) is 0 Å². The number of amides is 1. The van der Waals surface area contributed by atoms with Crippen LogP contribution in [-0.4, -0.2) is 33.4 Å². The molecule has 1 atom stereocenters. The minimum absolute atomic E-state index is 0.0860. The lowest BCUT2D eigenvalue weighted by Crippen LogP contribution is -2.41. The van der Waals surface area contributed by atoms with E-state index in [1.807, 2.05) is 6.92 Å². The van der Waals surface area contributed by atoms with Gasteiger partial charge in [0.1, 0.15) is 6.04 Å². The first-order chi connectivity index (χ1) is 9.79. The topological polar surface area (TPSA) is 116 Å². The fourth-order valence-electron chi connectivity index (χ4n) is 1.72. The van der Waals surface area contributed by atoms with Crippen LogP contribution < -0.4 is 10.5 Å². The molecule has 1 aromatic carbocycles. The highest BCUT2D eigenvalue weighted by Crippen LogP contribution is 2.09. The molecule has 0 bridgehead atoms. The monoisotopic (exact) mass is 314 g/mol. The van der Waals surface area contributed by atoms with Crippen molar-refractivity contribution in [1.82, 2.24) is 5.32 Å². The van der Waals surface area contributed by atoms with Gasteiger partial charge in [-0.1, -0.05) is 13.3 Å². The molecule has 0 radical (unpaired) electrons. The molecule has 1 amide bonds. The van der Waals surface area contributed by atoms with E-state index in [2.05, 4.69) is 10.1 Å². The SMILES string of the molecule is CCCC(NC(=O)c1ccc(S(N)(=O)=O)cc1)C(=O)OC. The second kappa shape index (κ2) is 7.19. The van der Waals surface area contributed by atoms with Gasteiger partial charge in [0.2, 0.25) is 10.0 Å². The third-order valence-electron chi connectivity index (χ3n) is 2.81. The van der Waals surface area contributed by atoms with Crippen LogP contribution in [0.5, 0.6) is 0 Å². The molecule has 0 aromatic heterocycles. The van der Waals surface area contributed by atoms with E-state index in [4.69, 9.17) is 5.14 Å². The van der Waals surface area contributed by atoms with Gasteiger partial charge in [0.25, 0.3) is 5.91 Å². The lowest BCUT2D eigenvalue weighted by Gasteiger charge is -2.15. The highest BCUT2D eigenvalue weighted by atomic mass is 32.2. The summed E-state index contributed by atoms with van der Waals surface area (Å²) in [7, 11) is -2.55. The first-order valence-corrected chi connectivity index (χ1v) is 7.85. The summed E-state index contributed by atoms with van der Waals surface area (Å²) in [5.74, 6) is -1.01. The molecule has 0 aliphatic rings. The summed E-state index contributed by atoms with van der Waals surface area (Å²) >= 11 is 0. The normalized spacial score (nSPS) is 12.5. The number of hydrogen-bond donors (Lipinski definition) is 2. The molecule has 0 spiro atoms. The Balaban J connectivity index is 2.85. The standard InChI is InChI=1S/C13H18N2O5S/c1-3-4-11(13(17)20-2)15-12(16)9-5-7-10(8-6-9)21(14,18)19/h5-8,11H,3-4H2,1-2H3,(H,15,16)(H2,14,18,19). The lowest BCUT2D eigenvalue weighted by molar-refractivity contribution is -0.143. The second-order valence-electron chi connectivity index (χ2n) is 4.41. The predicted octanol–water partition coefficient (Wildman–Crippen LogP) is 0.406. The van der Waals surface area contributed by atoms with Crippen LogP contribution >= 0.6 is 0 Å². The summed E-state index contributed by atoms with van der Waals surface area (Å²) in [6, 6.07) is 4.39. The predicted molar refractivity (Wildman–Crippen MR) is 76.0 cm³/mol. The Morgan fingerprint density at radius 3 is 2.29 bits per heavy atom. The molecule has 116 valence electrons. The summed E-state index contributed by atoms with van der Waals surface area (Å²) in [5, 5.41) is 7.52. The summed E-state index contributed by atoms with van der Waals surface area (Å²) in [6.45, 7) is 1.88. The Kier molecular flexibility index (Phi) is 5.86. The molecule has 7 nitrogen and oxygen atoms in total. The van der Waals surface area contributed by atoms with Crippen LogP contribution in [0.15, 0.2) is 29.2 Å². The third-order valence-corrected chi connectivity index (χ3v) is 3.74. The number of ether oxygens (including phenoxy) is 1. The zero-order valence-electron chi connectivity index (χ0n) is 11.8. The van der Waals surface area contributed by atoms with Crippen molar-refractivity contribution in [3.05, 3.63) is 29.8 Å². The molecule has 0 heterocycles. The van der Waals surface area contributed by atoms with E-state index in [9.17, 15) is 18.0 Å². The molecule has 0 saturated heterocycles. The fourth-order valence-corrected chi connectivity index (χ4v) is 2.23. The third kappa shape index (κ3) is 4.83. The lowest BCUT2D eigenvalue weighted by atomic mass is 10.1. The number of carbonyl (C=O) groups is 2. The van der Waals surface area contributed by atoms with Crippen molar-refractivity contribution < 1.29 is 22.7 Å². The Bertz CT molecular complexity index is 610. The fraction of sp³-hybridized carbons (Fsp3) is 0.385. The van der Waals surface area contributed by atoms with Gasteiger partial charge in [-0.2, -0.15) is 0 Å².